The van der Waals surface area contributed by atoms with E-state index >= 15 is 0 Å². The number of imidazole rings is 1. The average molecular weight is 428 g/mol. The molecule has 0 bridgehead atoms. The molecule has 0 aliphatic heterocycles. The SMILES string of the molecule is CC1CC1(C)NC(=S)NCCCCn1c(CC[OH2+])nc2c(N)nc3ccccc3c21. The van der Waals surface area contributed by atoms with Crippen LogP contribution in [0, 0.1) is 5.92 Å². The quantitative estimate of drug-likeness (QED) is 0.290. The van der Waals surface area contributed by atoms with Crippen molar-refractivity contribution in [3.05, 3.63) is 30.1 Å². The van der Waals surface area contributed by atoms with Gasteiger partial charge in [-0.3, -0.25) is 0 Å². The average Bonchev–Trinajstić information content (AvgIpc) is 3.13. The van der Waals surface area contributed by atoms with Crippen LogP contribution in [0.4, 0.5) is 5.82 Å². The van der Waals surface area contributed by atoms with Gasteiger partial charge in [0.05, 0.1) is 17.5 Å². The van der Waals surface area contributed by atoms with Crippen molar-refractivity contribution in [3.8, 4) is 0 Å². The van der Waals surface area contributed by atoms with Gasteiger partial charge in [0.25, 0.3) is 0 Å². The molecule has 2 atom stereocenters. The molecule has 30 heavy (non-hydrogen) atoms. The van der Waals surface area contributed by atoms with Gasteiger partial charge >= 0.3 is 0 Å². The number of para-hydroxylation sites is 1. The van der Waals surface area contributed by atoms with Crippen molar-refractivity contribution in [1.29, 1.82) is 0 Å². The lowest BCUT2D eigenvalue weighted by Crippen LogP contribution is -2.43. The van der Waals surface area contributed by atoms with Crippen LogP contribution < -0.4 is 16.4 Å². The molecule has 8 heteroatoms. The van der Waals surface area contributed by atoms with Crippen LogP contribution in [0.5, 0.6) is 0 Å². The van der Waals surface area contributed by atoms with E-state index in [9.17, 15) is 0 Å². The van der Waals surface area contributed by atoms with Crippen LogP contribution in [-0.2, 0) is 13.0 Å². The first-order chi connectivity index (χ1) is 14.4. The summed E-state index contributed by atoms with van der Waals surface area (Å²) in [5.74, 6) is 2.04. The van der Waals surface area contributed by atoms with Gasteiger partial charge in [0, 0.05) is 24.0 Å². The zero-order valence-electron chi connectivity index (χ0n) is 17.7. The van der Waals surface area contributed by atoms with Crippen molar-refractivity contribution in [2.45, 2.75) is 51.6 Å². The number of pyridine rings is 1. The molecule has 2 unspecified atom stereocenters. The van der Waals surface area contributed by atoms with Crippen molar-refractivity contribution in [2.24, 2.45) is 5.92 Å². The van der Waals surface area contributed by atoms with Crippen LogP contribution in [0.25, 0.3) is 21.9 Å². The van der Waals surface area contributed by atoms with E-state index < -0.39 is 0 Å². The van der Waals surface area contributed by atoms with Crippen molar-refractivity contribution in [3.63, 3.8) is 0 Å². The van der Waals surface area contributed by atoms with Gasteiger partial charge in [0.15, 0.2) is 17.5 Å². The van der Waals surface area contributed by atoms with E-state index in [-0.39, 0.29) is 5.54 Å². The number of thiocarbonyl (C=S) groups is 1. The fraction of sp³-hybridized carbons (Fsp3) is 0.500. The maximum absolute atomic E-state index is 7.68. The second kappa shape index (κ2) is 8.35. The Kier molecular flexibility index (Phi) is 5.79. The molecule has 1 aliphatic carbocycles. The molecule has 0 spiro atoms. The molecule has 0 saturated heterocycles. The minimum atomic E-state index is 0.167. The highest BCUT2D eigenvalue weighted by molar-refractivity contribution is 7.80. The number of nitrogens with zero attached hydrogens (tertiary/aromatic N) is 3. The van der Waals surface area contributed by atoms with Gasteiger partial charge in [0.1, 0.15) is 11.3 Å². The van der Waals surface area contributed by atoms with E-state index in [2.05, 4.69) is 40.1 Å². The minimum absolute atomic E-state index is 0.167. The monoisotopic (exact) mass is 427 g/mol. The third kappa shape index (κ3) is 4.06. The summed E-state index contributed by atoms with van der Waals surface area (Å²) in [4.78, 5) is 9.25. The zero-order chi connectivity index (χ0) is 21.3. The summed E-state index contributed by atoms with van der Waals surface area (Å²) in [6, 6.07) is 8.03. The van der Waals surface area contributed by atoms with E-state index in [1.807, 2.05) is 18.2 Å². The standard InChI is InChI=1S/C22H30N6OS/c1-14-13-22(14,2)27-21(30)24-10-5-6-11-28-17(9-12-29)26-18-19(28)15-7-3-4-8-16(15)25-20(18)23/h3-4,7-8,14,29H,5-6,9-13H2,1-2H3,(H2,23,25)(H2,24,27,30)/p+1. The number of unbranched alkanes of at least 4 members (excludes halogenated alkanes) is 1. The van der Waals surface area contributed by atoms with Gasteiger partial charge < -0.3 is 26.0 Å². The molecule has 2 heterocycles. The summed E-state index contributed by atoms with van der Waals surface area (Å²) in [6.07, 6.45) is 3.75. The Balaban J connectivity index is 1.45. The Bertz CT molecular complexity index is 1080. The number of nitrogens with one attached hydrogen (secondary N) is 2. The van der Waals surface area contributed by atoms with Gasteiger partial charge in [-0.25, -0.2) is 9.97 Å². The van der Waals surface area contributed by atoms with Gasteiger partial charge in [-0.15, -0.1) is 0 Å². The summed E-state index contributed by atoms with van der Waals surface area (Å²) < 4.78 is 2.23. The van der Waals surface area contributed by atoms with Gasteiger partial charge in [-0.2, -0.15) is 0 Å². The predicted octanol–water partition coefficient (Wildman–Crippen LogP) is 2.48. The van der Waals surface area contributed by atoms with Crippen LogP contribution in [-0.4, -0.2) is 43.4 Å². The van der Waals surface area contributed by atoms with Gasteiger partial charge in [-0.05, 0) is 50.4 Å². The fourth-order valence-corrected chi connectivity index (χ4v) is 4.44. The number of aromatic nitrogens is 3. The number of nitrogen functional groups attached to an aromatic ring is 1. The van der Waals surface area contributed by atoms with Crippen LogP contribution in [0.2, 0.25) is 0 Å². The Morgan fingerprint density at radius 3 is 2.83 bits per heavy atom. The topological polar surface area (TPSA) is 104 Å². The number of fused-ring (bicyclic) bond motifs is 3. The van der Waals surface area contributed by atoms with Crippen LogP contribution in [0.3, 0.4) is 0 Å². The second-order valence-electron chi connectivity index (χ2n) is 8.50. The van der Waals surface area contributed by atoms with Crippen molar-refractivity contribution < 1.29 is 5.11 Å². The number of nitrogens with two attached hydrogens (primary N) is 1. The van der Waals surface area contributed by atoms with Crippen LogP contribution in [0.1, 0.15) is 38.9 Å². The smallest absolute Gasteiger partial charge is 0.166 e. The predicted molar refractivity (Wildman–Crippen MR) is 127 cm³/mol. The van der Waals surface area contributed by atoms with Gasteiger partial charge in [-0.1, -0.05) is 25.1 Å². The fourth-order valence-electron chi connectivity index (χ4n) is 4.10. The molecule has 7 nitrogen and oxygen atoms in total. The summed E-state index contributed by atoms with van der Waals surface area (Å²) in [6.45, 7) is 6.42. The number of hydrogen-bond acceptors (Lipinski definition) is 4. The summed E-state index contributed by atoms with van der Waals surface area (Å²) in [5.41, 5.74) is 9.03. The van der Waals surface area contributed by atoms with Crippen molar-refractivity contribution >= 4 is 45.1 Å². The first kappa shape index (κ1) is 20.8. The first-order valence-corrected chi connectivity index (χ1v) is 11.1. The minimum Gasteiger partial charge on any atom is -0.445 e. The molecule has 2 aromatic heterocycles. The Morgan fingerprint density at radius 1 is 1.33 bits per heavy atom. The van der Waals surface area contributed by atoms with Crippen molar-refractivity contribution in [1.82, 2.24) is 25.2 Å². The Labute approximate surface area is 182 Å². The molecule has 1 aromatic carbocycles. The van der Waals surface area contributed by atoms with E-state index in [0.717, 1.165) is 58.8 Å². The summed E-state index contributed by atoms with van der Waals surface area (Å²) in [7, 11) is 0. The molecule has 3 aromatic rings. The molecule has 1 saturated carbocycles. The maximum Gasteiger partial charge on any atom is 0.166 e. The number of hydrogen-bond donors (Lipinski definition) is 3. The lowest BCUT2D eigenvalue weighted by molar-refractivity contribution is 0.294. The molecule has 4 rings (SSSR count). The molecular weight excluding hydrogens is 396 g/mol. The molecule has 160 valence electrons. The lowest BCUT2D eigenvalue weighted by Gasteiger charge is -2.17. The normalized spacial score (nSPS) is 20.6. The largest absolute Gasteiger partial charge is 0.445 e. The van der Waals surface area contributed by atoms with E-state index in [4.69, 9.17) is 28.0 Å². The summed E-state index contributed by atoms with van der Waals surface area (Å²) >= 11 is 5.43. The molecule has 1 aliphatic rings. The number of benzene rings is 1. The summed E-state index contributed by atoms with van der Waals surface area (Å²) in [5, 5.41) is 16.2. The number of rotatable bonds is 8. The first-order valence-electron chi connectivity index (χ1n) is 10.7. The second-order valence-corrected chi connectivity index (χ2v) is 8.91. The van der Waals surface area contributed by atoms with Crippen LogP contribution in [0.15, 0.2) is 24.3 Å². The number of aryl methyl sites for hydroxylation is 1. The highest BCUT2D eigenvalue weighted by Gasteiger charge is 2.47. The lowest BCUT2D eigenvalue weighted by atomic mass is 10.2. The van der Waals surface area contributed by atoms with Crippen molar-refractivity contribution in [2.75, 3.05) is 18.9 Å². The van der Waals surface area contributed by atoms with Gasteiger partial charge in [0.2, 0.25) is 0 Å². The molecule has 1 fully saturated rings. The Hall–Kier alpha value is -2.45. The molecule has 0 amide bonds. The zero-order valence-corrected chi connectivity index (χ0v) is 18.5. The molecule has 0 radical (unpaired) electrons. The van der Waals surface area contributed by atoms with E-state index in [1.54, 1.807) is 0 Å². The van der Waals surface area contributed by atoms with E-state index in [0.29, 0.717) is 24.8 Å². The highest BCUT2D eigenvalue weighted by atomic mass is 32.1. The Morgan fingerprint density at radius 2 is 2.10 bits per heavy atom. The molecule has 6 N–H and O–H groups in total. The third-order valence-electron chi connectivity index (χ3n) is 6.19. The third-order valence-corrected chi connectivity index (χ3v) is 6.44. The van der Waals surface area contributed by atoms with E-state index in [1.165, 1.54) is 6.42 Å². The highest BCUT2D eigenvalue weighted by Crippen LogP contribution is 2.42. The molecular formula is C22H31N6OS+. The number of anilines is 1. The maximum atomic E-state index is 7.68. The van der Waals surface area contributed by atoms with Crippen LogP contribution >= 0.6 is 12.2 Å².